The number of nitrogens with one attached hydrogen (secondary N) is 1. The molecule has 0 aliphatic rings. The van der Waals surface area contributed by atoms with Gasteiger partial charge in [0.1, 0.15) is 18.3 Å². The van der Waals surface area contributed by atoms with Gasteiger partial charge in [-0.2, -0.15) is 0 Å². The second kappa shape index (κ2) is 13.3. The molecule has 3 rings (SSSR count). The number of nitrogens with zero attached hydrogens (tertiary/aromatic N) is 2. The molecule has 38 heavy (non-hydrogen) atoms. The number of halogens is 1. The fourth-order valence-electron chi connectivity index (χ4n) is 3.79. The van der Waals surface area contributed by atoms with Gasteiger partial charge in [-0.25, -0.2) is 8.42 Å². The van der Waals surface area contributed by atoms with E-state index in [1.807, 2.05) is 6.92 Å². The molecule has 0 unspecified atom stereocenters. The van der Waals surface area contributed by atoms with Crippen molar-refractivity contribution in [1.29, 1.82) is 0 Å². The summed E-state index contributed by atoms with van der Waals surface area (Å²) in [6, 6.07) is 20.4. The van der Waals surface area contributed by atoms with Crippen molar-refractivity contribution in [2.45, 2.75) is 37.8 Å². The molecule has 0 fully saturated rings. The Kier molecular flexibility index (Phi) is 10.2. The lowest BCUT2D eigenvalue weighted by Gasteiger charge is -2.32. The number of benzene rings is 3. The van der Waals surface area contributed by atoms with Crippen molar-refractivity contribution in [2.24, 2.45) is 0 Å². The molecular weight excluding hydrogens is 526 g/mol. The minimum Gasteiger partial charge on any atom is -0.497 e. The summed E-state index contributed by atoms with van der Waals surface area (Å²) in [6.45, 7) is 3.59. The molecule has 0 aliphatic carbocycles. The largest absolute Gasteiger partial charge is 0.497 e. The van der Waals surface area contributed by atoms with E-state index in [-0.39, 0.29) is 23.0 Å². The number of anilines is 1. The fourth-order valence-corrected chi connectivity index (χ4v) is 5.40. The molecule has 1 atom stereocenters. The molecule has 2 amide bonds. The quantitative estimate of drug-likeness (QED) is 0.354. The van der Waals surface area contributed by atoms with E-state index in [0.29, 0.717) is 17.3 Å². The maximum Gasteiger partial charge on any atom is 0.264 e. The second-order valence-electron chi connectivity index (χ2n) is 8.64. The third kappa shape index (κ3) is 7.26. The number of hydrogen-bond acceptors (Lipinski definition) is 5. The van der Waals surface area contributed by atoms with Gasteiger partial charge in [-0.05, 0) is 61.4 Å². The van der Waals surface area contributed by atoms with Crippen molar-refractivity contribution < 1.29 is 22.7 Å². The van der Waals surface area contributed by atoms with Gasteiger partial charge in [-0.15, -0.1) is 0 Å². The van der Waals surface area contributed by atoms with Crippen LogP contribution in [0, 0.1) is 0 Å². The highest BCUT2D eigenvalue weighted by atomic mass is 35.5. The van der Waals surface area contributed by atoms with E-state index in [1.54, 1.807) is 74.7 Å². The third-order valence-electron chi connectivity index (χ3n) is 5.93. The molecule has 0 heterocycles. The average molecular weight is 558 g/mol. The Morgan fingerprint density at radius 3 is 2.29 bits per heavy atom. The van der Waals surface area contributed by atoms with Crippen LogP contribution in [-0.4, -0.2) is 51.4 Å². The molecule has 0 spiro atoms. The maximum atomic E-state index is 13.8. The normalized spacial score (nSPS) is 11.9. The van der Waals surface area contributed by atoms with Crippen molar-refractivity contribution in [3.05, 3.63) is 89.4 Å². The zero-order chi connectivity index (χ0) is 27.7. The molecule has 0 aliphatic heterocycles. The van der Waals surface area contributed by atoms with Gasteiger partial charge in [0.05, 0.1) is 17.7 Å². The number of amides is 2. The van der Waals surface area contributed by atoms with E-state index in [1.165, 1.54) is 23.1 Å². The highest BCUT2D eigenvalue weighted by molar-refractivity contribution is 7.92. The van der Waals surface area contributed by atoms with E-state index in [2.05, 4.69) is 5.32 Å². The Bertz CT molecular complexity index is 1330. The van der Waals surface area contributed by atoms with Gasteiger partial charge >= 0.3 is 0 Å². The first-order valence-electron chi connectivity index (χ1n) is 12.2. The lowest BCUT2D eigenvalue weighted by atomic mass is 10.1. The zero-order valence-corrected chi connectivity index (χ0v) is 23.2. The van der Waals surface area contributed by atoms with E-state index in [0.717, 1.165) is 16.3 Å². The van der Waals surface area contributed by atoms with Gasteiger partial charge in [0.25, 0.3) is 10.0 Å². The topological polar surface area (TPSA) is 96.0 Å². The number of carbonyl (C=O) groups is 2. The maximum absolute atomic E-state index is 13.8. The molecule has 1 N–H and O–H groups in total. The van der Waals surface area contributed by atoms with Gasteiger partial charge in [-0.3, -0.25) is 13.9 Å². The number of hydrogen-bond donors (Lipinski definition) is 1. The standard InChI is InChI=1S/C28H32ClN3O5S/c1-4-17-30-28(34)21(2)31(19-22-13-15-25(37-3)16-14-22)27(33)20-32(24-10-8-9-23(29)18-24)38(35,36)26-11-6-5-7-12-26/h5-16,18,21H,4,17,19-20H2,1-3H3,(H,30,34)/t21-/m0/s1. The molecule has 0 bridgehead atoms. The number of ether oxygens (including phenoxy) is 1. The summed E-state index contributed by atoms with van der Waals surface area (Å²) in [4.78, 5) is 28.1. The SMILES string of the molecule is CCCNC(=O)[C@H](C)N(Cc1ccc(OC)cc1)C(=O)CN(c1cccc(Cl)c1)S(=O)(=O)c1ccccc1. The first-order chi connectivity index (χ1) is 18.2. The summed E-state index contributed by atoms with van der Waals surface area (Å²) in [5.41, 5.74) is 0.997. The lowest BCUT2D eigenvalue weighted by molar-refractivity contribution is -0.139. The van der Waals surface area contributed by atoms with Crippen LogP contribution in [-0.2, 0) is 26.2 Å². The van der Waals surface area contributed by atoms with E-state index in [4.69, 9.17) is 16.3 Å². The van der Waals surface area contributed by atoms with Crippen LogP contribution in [0.25, 0.3) is 0 Å². The molecule has 3 aromatic rings. The third-order valence-corrected chi connectivity index (χ3v) is 7.96. The van der Waals surface area contributed by atoms with Crippen LogP contribution >= 0.6 is 11.6 Å². The molecule has 8 nitrogen and oxygen atoms in total. The molecule has 10 heteroatoms. The van der Waals surface area contributed by atoms with Crippen LogP contribution in [0.4, 0.5) is 5.69 Å². The van der Waals surface area contributed by atoms with Crippen LogP contribution in [0.15, 0.2) is 83.8 Å². The molecule has 0 saturated heterocycles. The molecular formula is C28H32ClN3O5S. The molecule has 0 saturated carbocycles. The van der Waals surface area contributed by atoms with Crippen LogP contribution in [0.2, 0.25) is 5.02 Å². The van der Waals surface area contributed by atoms with Crippen molar-refractivity contribution in [3.8, 4) is 5.75 Å². The molecule has 3 aromatic carbocycles. The van der Waals surface area contributed by atoms with Crippen molar-refractivity contribution in [2.75, 3.05) is 24.5 Å². The summed E-state index contributed by atoms with van der Waals surface area (Å²) in [5, 5.41) is 3.14. The minimum atomic E-state index is -4.13. The highest BCUT2D eigenvalue weighted by Crippen LogP contribution is 2.27. The Hall–Kier alpha value is -3.56. The second-order valence-corrected chi connectivity index (χ2v) is 10.9. The predicted octanol–water partition coefficient (Wildman–Crippen LogP) is 4.49. The van der Waals surface area contributed by atoms with E-state index in [9.17, 15) is 18.0 Å². The van der Waals surface area contributed by atoms with Crippen LogP contribution in [0.3, 0.4) is 0 Å². The number of methoxy groups -OCH3 is 1. The monoisotopic (exact) mass is 557 g/mol. The van der Waals surface area contributed by atoms with Crippen LogP contribution in [0.1, 0.15) is 25.8 Å². The molecule has 202 valence electrons. The first-order valence-corrected chi connectivity index (χ1v) is 14.0. The number of carbonyl (C=O) groups excluding carboxylic acids is 2. The fraction of sp³-hybridized carbons (Fsp3) is 0.286. The van der Waals surface area contributed by atoms with Gasteiger partial charge in [0.2, 0.25) is 11.8 Å². The first kappa shape index (κ1) is 29.0. The summed E-state index contributed by atoms with van der Waals surface area (Å²) in [7, 11) is -2.57. The number of sulfonamides is 1. The average Bonchev–Trinajstić information content (AvgIpc) is 2.93. The molecule has 0 radical (unpaired) electrons. The summed E-state index contributed by atoms with van der Waals surface area (Å²) < 4.78 is 33.6. The predicted molar refractivity (Wildman–Crippen MR) is 149 cm³/mol. The highest BCUT2D eigenvalue weighted by Gasteiger charge is 2.32. The lowest BCUT2D eigenvalue weighted by Crippen LogP contribution is -2.51. The Morgan fingerprint density at radius 2 is 1.68 bits per heavy atom. The van der Waals surface area contributed by atoms with Crippen molar-refractivity contribution >= 4 is 39.1 Å². The summed E-state index contributed by atoms with van der Waals surface area (Å²) in [5.74, 6) is -0.213. The van der Waals surface area contributed by atoms with Gasteiger partial charge in [0, 0.05) is 18.1 Å². The van der Waals surface area contributed by atoms with Crippen molar-refractivity contribution in [3.63, 3.8) is 0 Å². The van der Waals surface area contributed by atoms with Crippen LogP contribution in [0.5, 0.6) is 5.75 Å². The van der Waals surface area contributed by atoms with E-state index < -0.39 is 28.5 Å². The summed E-state index contributed by atoms with van der Waals surface area (Å²) >= 11 is 6.18. The van der Waals surface area contributed by atoms with Gasteiger partial charge in [0.15, 0.2) is 0 Å². The zero-order valence-electron chi connectivity index (χ0n) is 21.6. The van der Waals surface area contributed by atoms with Gasteiger partial charge in [-0.1, -0.05) is 54.9 Å². The Morgan fingerprint density at radius 1 is 1.00 bits per heavy atom. The van der Waals surface area contributed by atoms with Crippen molar-refractivity contribution in [1.82, 2.24) is 10.2 Å². The summed E-state index contributed by atoms with van der Waals surface area (Å²) in [6.07, 6.45) is 0.739. The minimum absolute atomic E-state index is 0.0308. The van der Waals surface area contributed by atoms with Gasteiger partial charge < -0.3 is 15.0 Å². The smallest absolute Gasteiger partial charge is 0.264 e. The number of rotatable bonds is 12. The van der Waals surface area contributed by atoms with E-state index >= 15 is 0 Å². The molecule has 0 aromatic heterocycles. The Labute approximate surface area is 229 Å². The van der Waals surface area contributed by atoms with Crippen LogP contribution < -0.4 is 14.4 Å². The Balaban J connectivity index is 2.00.